The quantitative estimate of drug-likeness (QED) is 0.543. The molecule has 0 heterocycles. The van der Waals surface area contributed by atoms with E-state index < -0.39 is 12.6 Å². The van der Waals surface area contributed by atoms with E-state index in [0.29, 0.717) is 11.0 Å². The molecule has 0 amide bonds. The molecule has 0 aliphatic heterocycles. The molecular formula is C8H17F3N2S. The van der Waals surface area contributed by atoms with Crippen molar-refractivity contribution < 1.29 is 13.2 Å². The minimum atomic E-state index is -4.09. The Morgan fingerprint density at radius 1 is 1.36 bits per heavy atom. The zero-order chi connectivity index (χ0) is 11.2. The summed E-state index contributed by atoms with van der Waals surface area (Å²) in [6, 6.07) is -0.260. The summed E-state index contributed by atoms with van der Waals surface area (Å²) in [4.78, 5) is 0. The minimum absolute atomic E-state index is 0.0414. The lowest BCUT2D eigenvalue weighted by atomic mass is 10.2. The fraction of sp³-hybridized carbons (Fsp3) is 1.00. The Hall–Kier alpha value is 0.0600. The van der Waals surface area contributed by atoms with Crippen LogP contribution in [0.15, 0.2) is 0 Å². The van der Waals surface area contributed by atoms with Crippen molar-refractivity contribution in [3.05, 3.63) is 0 Å². The summed E-state index contributed by atoms with van der Waals surface area (Å²) < 4.78 is 35.6. The molecule has 3 N–H and O–H groups in total. The molecule has 0 bridgehead atoms. The maximum Gasteiger partial charge on any atom is 0.389 e. The van der Waals surface area contributed by atoms with Crippen LogP contribution < -0.4 is 11.3 Å². The number of hydrogen-bond donors (Lipinski definition) is 2. The van der Waals surface area contributed by atoms with Gasteiger partial charge in [-0.1, -0.05) is 13.8 Å². The SMILES string of the molecule is CC(C)SCC(CCC(F)(F)F)NN. The first-order chi connectivity index (χ1) is 6.35. The number of hydrogen-bond acceptors (Lipinski definition) is 3. The average molecular weight is 230 g/mol. The molecule has 0 saturated carbocycles. The third-order valence-corrected chi connectivity index (χ3v) is 2.90. The van der Waals surface area contributed by atoms with Crippen LogP contribution in [0.25, 0.3) is 0 Å². The van der Waals surface area contributed by atoms with Gasteiger partial charge >= 0.3 is 6.18 Å². The molecule has 1 unspecified atom stereocenters. The van der Waals surface area contributed by atoms with Crippen molar-refractivity contribution in [3.8, 4) is 0 Å². The highest BCUT2D eigenvalue weighted by molar-refractivity contribution is 7.99. The van der Waals surface area contributed by atoms with Gasteiger partial charge in [0, 0.05) is 18.2 Å². The summed E-state index contributed by atoms with van der Waals surface area (Å²) in [6.45, 7) is 4.00. The Labute approximate surface area is 86.8 Å². The molecule has 0 fully saturated rings. The molecule has 0 aromatic heterocycles. The number of rotatable bonds is 6. The van der Waals surface area contributed by atoms with Crippen molar-refractivity contribution in [2.75, 3.05) is 5.75 Å². The lowest BCUT2D eigenvalue weighted by Gasteiger charge is -2.17. The van der Waals surface area contributed by atoms with Crippen LogP contribution in [0.1, 0.15) is 26.7 Å². The molecule has 0 saturated heterocycles. The van der Waals surface area contributed by atoms with E-state index in [0.717, 1.165) is 0 Å². The fourth-order valence-corrected chi connectivity index (χ4v) is 1.74. The standard InChI is InChI=1S/C8H17F3N2S/c1-6(2)14-5-7(13-12)3-4-8(9,10)11/h6-7,13H,3-5,12H2,1-2H3. The van der Waals surface area contributed by atoms with Gasteiger partial charge in [0.15, 0.2) is 0 Å². The van der Waals surface area contributed by atoms with Crippen LogP contribution in [0.5, 0.6) is 0 Å². The number of nitrogens with two attached hydrogens (primary N) is 1. The van der Waals surface area contributed by atoms with Crippen LogP contribution in [0.4, 0.5) is 13.2 Å². The summed E-state index contributed by atoms with van der Waals surface area (Å²) in [5.74, 6) is 5.77. The fourth-order valence-electron chi connectivity index (χ4n) is 0.861. The molecule has 0 aromatic rings. The van der Waals surface area contributed by atoms with Gasteiger partial charge in [-0.05, 0) is 11.7 Å². The van der Waals surface area contributed by atoms with Crippen LogP contribution in [0, 0.1) is 0 Å². The molecule has 0 spiro atoms. The molecule has 14 heavy (non-hydrogen) atoms. The zero-order valence-corrected chi connectivity index (χ0v) is 9.21. The van der Waals surface area contributed by atoms with E-state index in [-0.39, 0.29) is 12.5 Å². The van der Waals surface area contributed by atoms with E-state index in [1.54, 1.807) is 11.8 Å². The van der Waals surface area contributed by atoms with Gasteiger partial charge in [0.05, 0.1) is 0 Å². The van der Waals surface area contributed by atoms with Gasteiger partial charge in [-0.15, -0.1) is 0 Å². The second-order valence-electron chi connectivity index (χ2n) is 3.40. The van der Waals surface area contributed by atoms with Crippen LogP contribution in [0.2, 0.25) is 0 Å². The molecule has 0 radical (unpaired) electrons. The number of alkyl halides is 3. The van der Waals surface area contributed by atoms with Crippen molar-refractivity contribution in [1.82, 2.24) is 5.43 Å². The predicted octanol–water partition coefficient (Wildman–Crippen LogP) is 2.30. The summed E-state index contributed by atoms with van der Waals surface area (Å²) in [6.07, 6.45) is -4.82. The monoisotopic (exact) mass is 230 g/mol. The molecule has 2 nitrogen and oxygen atoms in total. The third-order valence-electron chi connectivity index (χ3n) is 1.64. The second-order valence-corrected chi connectivity index (χ2v) is 5.01. The third kappa shape index (κ3) is 8.65. The molecule has 0 rings (SSSR count). The van der Waals surface area contributed by atoms with Crippen LogP contribution in [-0.4, -0.2) is 23.2 Å². The Bertz CT molecular complexity index is 150. The number of halogens is 3. The lowest BCUT2D eigenvalue weighted by molar-refractivity contribution is -0.136. The largest absolute Gasteiger partial charge is 0.389 e. The summed E-state index contributed by atoms with van der Waals surface area (Å²) in [5.41, 5.74) is 2.41. The number of thioether (sulfide) groups is 1. The van der Waals surface area contributed by atoms with Crippen LogP contribution in [0.3, 0.4) is 0 Å². The topological polar surface area (TPSA) is 38.0 Å². The molecular weight excluding hydrogens is 213 g/mol. The highest BCUT2D eigenvalue weighted by Crippen LogP contribution is 2.23. The molecule has 0 aliphatic rings. The Balaban J connectivity index is 3.69. The molecule has 6 heteroatoms. The van der Waals surface area contributed by atoms with Gasteiger partial charge in [0.1, 0.15) is 0 Å². The van der Waals surface area contributed by atoms with E-state index >= 15 is 0 Å². The van der Waals surface area contributed by atoms with Gasteiger partial charge < -0.3 is 0 Å². The zero-order valence-electron chi connectivity index (χ0n) is 8.40. The first-order valence-corrected chi connectivity index (χ1v) is 5.54. The number of nitrogens with one attached hydrogen (secondary N) is 1. The Morgan fingerprint density at radius 2 is 1.93 bits per heavy atom. The van der Waals surface area contributed by atoms with E-state index in [9.17, 15) is 13.2 Å². The highest BCUT2D eigenvalue weighted by atomic mass is 32.2. The predicted molar refractivity (Wildman–Crippen MR) is 54.0 cm³/mol. The molecule has 0 aliphatic carbocycles. The summed E-state index contributed by atoms with van der Waals surface area (Å²) >= 11 is 1.60. The Morgan fingerprint density at radius 3 is 2.29 bits per heavy atom. The smallest absolute Gasteiger partial charge is 0.271 e. The van der Waals surface area contributed by atoms with Gasteiger partial charge in [0.2, 0.25) is 0 Å². The normalized spacial score (nSPS) is 14.8. The van der Waals surface area contributed by atoms with Crippen molar-refractivity contribution in [2.24, 2.45) is 5.84 Å². The first kappa shape index (κ1) is 14.1. The van der Waals surface area contributed by atoms with E-state index in [1.165, 1.54) is 0 Å². The van der Waals surface area contributed by atoms with E-state index in [2.05, 4.69) is 5.43 Å². The maximum atomic E-state index is 11.9. The first-order valence-electron chi connectivity index (χ1n) is 4.49. The summed E-state index contributed by atoms with van der Waals surface area (Å²) in [5, 5.41) is 0.414. The van der Waals surface area contributed by atoms with Crippen LogP contribution in [-0.2, 0) is 0 Å². The highest BCUT2D eigenvalue weighted by Gasteiger charge is 2.28. The van der Waals surface area contributed by atoms with Gasteiger partial charge in [-0.2, -0.15) is 24.9 Å². The summed E-state index contributed by atoms with van der Waals surface area (Å²) in [7, 11) is 0. The maximum absolute atomic E-state index is 11.9. The van der Waals surface area contributed by atoms with Crippen LogP contribution >= 0.6 is 11.8 Å². The number of hydrazine groups is 1. The van der Waals surface area contributed by atoms with Crippen molar-refractivity contribution in [1.29, 1.82) is 0 Å². The minimum Gasteiger partial charge on any atom is -0.271 e. The van der Waals surface area contributed by atoms with Gasteiger partial charge in [-0.25, -0.2) is 0 Å². The van der Waals surface area contributed by atoms with Gasteiger partial charge in [-0.3, -0.25) is 11.3 Å². The Kier molecular flexibility index (Phi) is 6.55. The van der Waals surface area contributed by atoms with Crippen molar-refractivity contribution in [3.63, 3.8) is 0 Å². The average Bonchev–Trinajstić information content (AvgIpc) is 2.02. The molecule has 0 aromatic carbocycles. The van der Waals surface area contributed by atoms with E-state index in [1.807, 2.05) is 13.8 Å². The van der Waals surface area contributed by atoms with E-state index in [4.69, 9.17) is 5.84 Å². The lowest BCUT2D eigenvalue weighted by Crippen LogP contribution is -2.38. The van der Waals surface area contributed by atoms with Crippen molar-refractivity contribution >= 4 is 11.8 Å². The second kappa shape index (κ2) is 6.53. The van der Waals surface area contributed by atoms with Gasteiger partial charge in [0.25, 0.3) is 0 Å². The molecule has 86 valence electrons. The molecule has 1 atom stereocenters. The van der Waals surface area contributed by atoms with Crippen molar-refractivity contribution in [2.45, 2.75) is 44.2 Å².